The van der Waals surface area contributed by atoms with Crippen LogP contribution in [0.5, 0.6) is 0 Å². The van der Waals surface area contributed by atoms with Gasteiger partial charge < -0.3 is 5.32 Å². The first-order valence-corrected chi connectivity index (χ1v) is 6.88. The molecule has 1 heterocycles. The van der Waals surface area contributed by atoms with Gasteiger partial charge in [-0.2, -0.15) is 0 Å². The zero-order valence-corrected chi connectivity index (χ0v) is 11.1. The van der Waals surface area contributed by atoms with Crippen molar-refractivity contribution in [1.82, 2.24) is 4.98 Å². The maximum atomic E-state index is 4.58. The molecule has 0 saturated carbocycles. The minimum absolute atomic E-state index is 0.732. The molecule has 0 spiro atoms. The summed E-state index contributed by atoms with van der Waals surface area (Å²) in [7, 11) is 0. The van der Waals surface area contributed by atoms with Crippen LogP contribution in [0.3, 0.4) is 0 Å². The van der Waals surface area contributed by atoms with Gasteiger partial charge in [0.15, 0.2) is 5.13 Å². The summed E-state index contributed by atoms with van der Waals surface area (Å²) in [6.45, 7) is 5.47. The van der Waals surface area contributed by atoms with Gasteiger partial charge in [-0.3, -0.25) is 0 Å². The molecule has 0 aliphatic rings. The molecule has 0 saturated heterocycles. The van der Waals surface area contributed by atoms with Crippen LogP contribution in [-0.4, -0.2) is 11.5 Å². The van der Waals surface area contributed by atoms with Crippen molar-refractivity contribution >= 4 is 16.5 Å². The van der Waals surface area contributed by atoms with E-state index in [0.717, 1.165) is 23.3 Å². The quantitative estimate of drug-likeness (QED) is 0.852. The number of anilines is 1. The van der Waals surface area contributed by atoms with Crippen molar-refractivity contribution in [2.75, 3.05) is 11.9 Å². The molecule has 0 aliphatic heterocycles. The lowest BCUT2D eigenvalue weighted by molar-refractivity contribution is 0.607. The van der Waals surface area contributed by atoms with Gasteiger partial charge in [-0.25, -0.2) is 4.98 Å². The van der Waals surface area contributed by atoms with E-state index in [1.165, 1.54) is 12.0 Å². The van der Waals surface area contributed by atoms with Crippen molar-refractivity contribution in [2.45, 2.75) is 20.3 Å². The molecule has 0 aliphatic carbocycles. The third kappa shape index (κ3) is 3.56. The topological polar surface area (TPSA) is 24.9 Å². The molecule has 2 rings (SSSR count). The van der Waals surface area contributed by atoms with Crippen LogP contribution >= 0.6 is 11.3 Å². The van der Waals surface area contributed by atoms with Crippen LogP contribution in [-0.2, 0) is 0 Å². The summed E-state index contributed by atoms with van der Waals surface area (Å²) in [6, 6.07) is 10.3. The first-order chi connectivity index (χ1) is 8.25. The average molecular weight is 246 g/mol. The van der Waals surface area contributed by atoms with Crippen molar-refractivity contribution in [2.24, 2.45) is 5.92 Å². The Hall–Kier alpha value is -1.35. The Morgan fingerprint density at radius 2 is 2.00 bits per heavy atom. The minimum Gasteiger partial charge on any atom is -0.361 e. The molecule has 0 unspecified atom stereocenters. The van der Waals surface area contributed by atoms with E-state index >= 15 is 0 Å². The summed E-state index contributed by atoms with van der Waals surface area (Å²) in [5, 5.41) is 6.50. The summed E-state index contributed by atoms with van der Waals surface area (Å²) in [4.78, 5) is 4.58. The molecular formula is C14H18N2S. The Bertz CT molecular complexity index is 448. The lowest BCUT2D eigenvalue weighted by Gasteiger charge is -2.04. The second-order valence-corrected chi connectivity index (χ2v) is 5.37. The fourth-order valence-corrected chi connectivity index (χ4v) is 2.31. The number of hydrogen-bond donors (Lipinski definition) is 1. The van der Waals surface area contributed by atoms with Crippen molar-refractivity contribution in [1.29, 1.82) is 0 Å². The maximum Gasteiger partial charge on any atom is 0.183 e. The molecule has 90 valence electrons. The Morgan fingerprint density at radius 3 is 2.71 bits per heavy atom. The zero-order chi connectivity index (χ0) is 12.1. The van der Waals surface area contributed by atoms with Gasteiger partial charge in [0.2, 0.25) is 0 Å². The predicted molar refractivity (Wildman–Crippen MR) is 75.5 cm³/mol. The third-order valence-corrected chi connectivity index (χ3v) is 3.37. The number of benzene rings is 1. The molecule has 1 aromatic heterocycles. The highest BCUT2D eigenvalue weighted by molar-refractivity contribution is 7.14. The van der Waals surface area contributed by atoms with Crippen molar-refractivity contribution in [3.05, 3.63) is 35.7 Å². The fraction of sp³-hybridized carbons (Fsp3) is 0.357. The molecule has 1 aromatic carbocycles. The highest BCUT2D eigenvalue weighted by Gasteiger charge is 2.03. The van der Waals surface area contributed by atoms with Crippen LogP contribution in [0.15, 0.2) is 35.7 Å². The molecule has 0 atom stereocenters. The lowest BCUT2D eigenvalue weighted by atomic mass is 10.1. The predicted octanol–water partition coefficient (Wildman–Crippen LogP) is 4.27. The van der Waals surface area contributed by atoms with Gasteiger partial charge >= 0.3 is 0 Å². The average Bonchev–Trinajstić information content (AvgIpc) is 2.78. The molecule has 0 bridgehead atoms. The van der Waals surface area contributed by atoms with Gasteiger partial charge in [-0.15, -0.1) is 11.3 Å². The number of rotatable bonds is 5. The molecule has 0 amide bonds. The van der Waals surface area contributed by atoms with Crippen LogP contribution in [0.4, 0.5) is 5.13 Å². The van der Waals surface area contributed by atoms with Crippen molar-refractivity contribution in [3.63, 3.8) is 0 Å². The molecule has 3 heteroatoms. The SMILES string of the molecule is CC(C)CCNc1nc(-c2ccccc2)cs1. The van der Waals surface area contributed by atoms with E-state index in [4.69, 9.17) is 0 Å². The van der Waals surface area contributed by atoms with Crippen molar-refractivity contribution in [3.8, 4) is 11.3 Å². The number of nitrogens with zero attached hydrogens (tertiary/aromatic N) is 1. The first-order valence-electron chi connectivity index (χ1n) is 6.00. The maximum absolute atomic E-state index is 4.58. The molecular weight excluding hydrogens is 228 g/mol. The normalized spacial score (nSPS) is 10.8. The molecule has 0 fully saturated rings. The van der Waals surface area contributed by atoms with E-state index in [0.29, 0.717) is 0 Å². The van der Waals surface area contributed by atoms with E-state index in [2.05, 4.69) is 41.7 Å². The number of hydrogen-bond acceptors (Lipinski definition) is 3. The van der Waals surface area contributed by atoms with E-state index in [1.54, 1.807) is 11.3 Å². The van der Waals surface area contributed by atoms with E-state index < -0.39 is 0 Å². The Balaban J connectivity index is 1.97. The van der Waals surface area contributed by atoms with Crippen LogP contribution in [0.2, 0.25) is 0 Å². The van der Waals surface area contributed by atoms with E-state index in [-0.39, 0.29) is 0 Å². The third-order valence-electron chi connectivity index (χ3n) is 2.57. The number of aromatic nitrogens is 1. The molecule has 1 N–H and O–H groups in total. The second-order valence-electron chi connectivity index (χ2n) is 4.51. The Kier molecular flexibility index (Phi) is 4.15. The summed E-state index contributed by atoms with van der Waals surface area (Å²) >= 11 is 1.67. The molecule has 17 heavy (non-hydrogen) atoms. The summed E-state index contributed by atoms with van der Waals surface area (Å²) < 4.78 is 0. The number of nitrogens with one attached hydrogen (secondary N) is 1. The van der Waals surface area contributed by atoms with Crippen LogP contribution in [0, 0.1) is 5.92 Å². The first kappa shape index (κ1) is 12.1. The minimum atomic E-state index is 0.732. The smallest absolute Gasteiger partial charge is 0.183 e. The monoisotopic (exact) mass is 246 g/mol. The van der Waals surface area contributed by atoms with Gasteiger partial charge in [0.25, 0.3) is 0 Å². The fourth-order valence-electron chi connectivity index (χ4n) is 1.56. The molecule has 0 radical (unpaired) electrons. The van der Waals surface area contributed by atoms with Crippen LogP contribution in [0.1, 0.15) is 20.3 Å². The highest BCUT2D eigenvalue weighted by Crippen LogP contribution is 2.24. The Labute approximate surface area is 107 Å². The largest absolute Gasteiger partial charge is 0.361 e. The summed E-state index contributed by atoms with van der Waals surface area (Å²) in [5.74, 6) is 0.732. The van der Waals surface area contributed by atoms with Gasteiger partial charge in [0.1, 0.15) is 0 Å². The van der Waals surface area contributed by atoms with Gasteiger partial charge in [0, 0.05) is 17.5 Å². The van der Waals surface area contributed by atoms with Crippen LogP contribution in [0.25, 0.3) is 11.3 Å². The lowest BCUT2D eigenvalue weighted by Crippen LogP contribution is -2.04. The highest BCUT2D eigenvalue weighted by atomic mass is 32.1. The van der Waals surface area contributed by atoms with E-state index in [1.807, 2.05) is 18.2 Å². The molecule has 2 nitrogen and oxygen atoms in total. The van der Waals surface area contributed by atoms with Crippen molar-refractivity contribution < 1.29 is 0 Å². The molecule has 2 aromatic rings. The summed E-state index contributed by atoms with van der Waals surface area (Å²) in [6.07, 6.45) is 1.18. The van der Waals surface area contributed by atoms with Gasteiger partial charge in [0.05, 0.1) is 5.69 Å². The standard InChI is InChI=1S/C14H18N2S/c1-11(2)8-9-15-14-16-13(10-17-14)12-6-4-3-5-7-12/h3-7,10-11H,8-9H2,1-2H3,(H,15,16). The number of thiazole rings is 1. The van der Waals surface area contributed by atoms with E-state index in [9.17, 15) is 0 Å². The van der Waals surface area contributed by atoms with Gasteiger partial charge in [-0.05, 0) is 12.3 Å². The van der Waals surface area contributed by atoms with Crippen LogP contribution < -0.4 is 5.32 Å². The van der Waals surface area contributed by atoms with Gasteiger partial charge in [-0.1, -0.05) is 44.2 Å². The zero-order valence-electron chi connectivity index (χ0n) is 10.3. The summed E-state index contributed by atoms with van der Waals surface area (Å²) in [5.41, 5.74) is 2.24. The Morgan fingerprint density at radius 1 is 1.24 bits per heavy atom. The second kappa shape index (κ2) is 5.82.